The molecule has 0 N–H and O–H groups in total. The molecular formula is C23H26P+. The van der Waals surface area contributed by atoms with Crippen LogP contribution in [0.3, 0.4) is 0 Å². The fourth-order valence-electron chi connectivity index (χ4n) is 3.39. The molecule has 3 rings (SSSR count). The van der Waals surface area contributed by atoms with Crippen LogP contribution < -0.4 is 15.9 Å². The summed E-state index contributed by atoms with van der Waals surface area (Å²) in [5.74, 6) is 0. The lowest BCUT2D eigenvalue weighted by Crippen LogP contribution is -2.32. The van der Waals surface area contributed by atoms with Gasteiger partial charge in [0.25, 0.3) is 0 Å². The minimum atomic E-state index is -1.59. The first-order chi connectivity index (χ1) is 11.6. The molecule has 0 saturated carbocycles. The lowest BCUT2D eigenvalue weighted by Gasteiger charge is -2.26. The van der Waals surface area contributed by atoms with Crippen LogP contribution in [-0.2, 0) is 0 Å². The number of aryl methyl sites for hydroxylation is 3. The summed E-state index contributed by atoms with van der Waals surface area (Å²) in [6, 6.07) is 27.6. The van der Waals surface area contributed by atoms with Crippen molar-refractivity contribution in [3.05, 3.63) is 89.5 Å². The summed E-state index contributed by atoms with van der Waals surface area (Å²) in [7, 11) is -1.59. The highest BCUT2D eigenvalue weighted by molar-refractivity contribution is 7.95. The zero-order valence-corrected chi connectivity index (χ0v) is 16.0. The van der Waals surface area contributed by atoms with Gasteiger partial charge in [0, 0.05) is 0 Å². The van der Waals surface area contributed by atoms with Crippen molar-refractivity contribution in [3.8, 4) is 0 Å². The molecular weight excluding hydrogens is 307 g/mol. The van der Waals surface area contributed by atoms with Crippen molar-refractivity contribution < 1.29 is 0 Å². The van der Waals surface area contributed by atoms with Gasteiger partial charge in [-0.25, -0.2) is 0 Å². The molecule has 0 atom stereocenters. The van der Waals surface area contributed by atoms with E-state index in [0.29, 0.717) is 0 Å². The third kappa shape index (κ3) is 3.04. The van der Waals surface area contributed by atoms with E-state index in [2.05, 4.69) is 100 Å². The quantitative estimate of drug-likeness (QED) is 0.594. The van der Waals surface area contributed by atoms with E-state index in [1.165, 1.54) is 32.6 Å². The molecule has 0 aliphatic heterocycles. The van der Waals surface area contributed by atoms with Gasteiger partial charge in [0.2, 0.25) is 0 Å². The molecule has 24 heavy (non-hydrogen) atoms. The monoisotopic (exact) mass is 333 g/mol. The molecule has 0 nitrogen and oxygen atoms in total. The van der Waals surface area contributed by atoms with E-state index in [1.807, 2.05) is 0 Å². The van der Waals surface area contributed by atoms with E-state index in [0.717, 1.165) is 6.16 Å². The molecule has 0 aliphatic rings. The molecule has 0 amide bonds. The highest BCUT2D eigenvalue weighted by Crippen LogP contribution is 2.54. The van der Waals surface area contributed by atoms with Crippen molar-refractivity contribution in [1.82, 2.24) is 0 Å². The number of hydrogen-bond acceptors (Lipinski definition) is 0. The summed E-state index contributed by atoms with van der Waals surface area (Å²) in [5, 5.41) is 4.43. The predicted octanol–water partition coefficient (Wildman–Crippen LogP) is 4.93. The lowest BCUT2D eigenvalue weighted by molar-refractivity contribution is 1.45. The molecule has 0 spiro atoms. The van der Waals surface area contributed by atoms with Crippen LogP contribution in [0.2, 0.25) is 0 Å². The summed E-state index contributed by atoms with van der Waals surface area (Å²) in [6.45, 7) is 8.82. The molecule has 0 unspecified atom stereocenters. The minimum absolute atomic E-state index is 1.14. The van der Waals surface area contributed by atoms with Crippen molar-refractivity contribution in [2.75, 3.05) is 6.16 Å². The third-order valence-corrected chi connectivity index (χ3v) is 9.39. The maximum absolute atomic E-state index is 2.34. The average molecular weight is 333 g/mol. The number of rotatable bonds is 4. The second kappa shape index (κ2) is 6.91. The number of hydrogen-bond donors (Lipinski definition) is 0. The van der Waals surface area contributed by atoms with Crippen LogP contribution in [0.4, 0.5) is 0 Å². The fraction of sp³-hybridized carbons (Fsp3) is 0.217. The Morgan fingerprint density at radius 3 is 0.958 bits per heavy atom. The first-order valence-electron chi connectivity index (χ1n) is 8.66. The Morgan fingerprint density at radius 1 is 0.500 bits per heavy atom. The van der Waals surface area contributed by atoms with Gasteiger partial charge in [-0.05, 0) is 64.1 Å². The van der Waals surface area contributed by atoms with Crippen molar-refractivity contribution in [2.24, 2.45) is 0 Å². The van der Waals surface area contributed by atoms with Crippen molar-refractivity contribution in [2.45, 2.75) is 27.7 Å². The van der Waals surface area contributed by atoms with Crippen molar-refractivity contribution >= 4 is 23.2 Å². The summed E-state index contributed by atoms with van der Waals surface area (Å²) in [6.07, 6.45) is 1.14. The maximum atomic E-state index is 2.34. The normalized spacial score (nSPS) is 11.5. The van der Waals surface area contributed by atoms with Gasteiger partial charge in [0.1, 0.15) is 23.2 Å². The molecule has 3 aromatic rings. The first kappa shape index (κ1) is 16.9. The van der Waals surface area contributed by atoms with E-state index < -0.39 is 7.26 Å². The molecule has 0 saturated heterocycles. The fourth-order valence-corrected chi connectivity index (χ4v) is 7.36. The Labute approximate surface area is 146 Å². The van der Waals surface area contributed by atoms with Crippen LogP contribution in [0, 0.1) is 20.8 Å². The molecule has 0 aliphatic carbocycles. The van der Waals surface area contributed by atoms with Crippen LogP contribution in [0.5, 0.6) is 0 Å². The Morgan fingerprint density at radius 2 is 0.750 bits per heavy atom. The van der Waals surface area contributed by atoms with Gasteiger partial charge < -0.3 is 0 Å². The van der Waals surface area contributed by atoms with Crippen LogP contribution in [0.25, 0.3) is 0 Å². The third-order valence-electron chi connectivity index (χ3n) is 4.90. The SMILES string of the molecule is CC[P+](c1ccc(C)cc1)(c1ccc(C)cc1)c1ccc(C)cc1. The van der Waals surface area contributed by atoms with Crippen LogP contribution in [-0.4, -0.2) is 6.16 Å². The predicted molar refractivity (Wildman–Crippen MR) is 110 cm³/mol. The van der Waals surface area contributed by atoms with Crippen LogP contribution in [0.1, 0.15) is 23.6 Å². The van der Waals surface area contributed by atoms with Gasteiger partial charge in [-0.3, -0.25) is 0 Å². The lowest BCUT2D eigenvalue weighted by atomic mass is 10.2. The largest absolute Gasteiger partial charge is 0.111 e. The van der Waals surface area contributed by atoms with Gasteiger partial charge in [-0.2, -0.15) is 0 Å². The molecule has 122 valence electrons. The van der Waals surface area contributed by atoms with E-state index in [-0.39, 0.29) is 0 Å². The Bertz CT molecular complexity index is 685. The van der Waals surface area contributed by atoms with Gasteiger partial charge in [-0.15, -0.1) is 0 Å². The molecule has 0 heterocycles. The smallest absolute Gasteiger partial charge is 0.0554 e. The topological polar surface area (TPSA) is 0 Å². The Kier molecular flexibility index (Phi) is 4.88. The summed E-state index contributed by atoms with van der Waals surface area (Å²) < 4.78 is 0. The summed E-state index contributed by atoms with van der Waals surface area (Å²) in [5.41, 5.74) is 3.96. The molecule has 0 bridgehead atoms. The molecule has 0 aromatic heterocycles. The van der Waals surface area contributed by atoms with Crippen molar-refractivity contribution in [1.29, 1.82) is 0 Å². The highest BCUT2D eigenvalue weighted by Gasteiger charge is 2.43. The van der Waals surface area contributed by atoms with Crippen LogP contribution >= 0.6 is 7.26 Å². The average Bonchev–Trinajstić information content (AvgIpc) is 2.60. The molecule has 0 radical (unpaired) electrons. The number of benzene rings is 3. The van der Waals surface area contributed by atoms with E-state index in [9.17, 15) is 0 Å². The zero-order chi connectivity index (χ0) is 17.2. The van der Waals surface area contributed by atoms with Gasteiger partial charge in [0.15, 0.2) is 0 Å². The van der Waals surface area contributed by atoms with E-state index >= 15 is 0 Å². The van der Waals surface area contributed by atoms with Gasteiger partial charge in [0.05, 0.1) is 6.16 Å². The minimum Gasteiger partial charge on any atom is -0.0554 e. The molecule has 3 aromatic carbocycles. The second-order valence-electron chi connectivity index (χ2n) is 6.63. The molecule has 1 heteroatoms. The molecule has 0 fully saturated rings. The Hall–Kier alpha value is -1.91. The highest BCUT2D eigenvalue weighted by atomic mass is 31.2. The maximum Gasteiger partial charge on any atom is 0.111 e. The zero-order valence-electron chi connectivity index (χ0n) is 15.1. The first-order valence-corrected chi connectivity index (χ1v) is 10.6. The second-order valence-corrected chi connectivity index (χ2v) is 10.4. The van der Waals surface area contributed by atoms with Gasteiger partial charge >= 0.3 is 0 Å². The summed E-state index contributed by atoms with van der Waals surface area (Å²) >= 11 is 0. The Balaban J connectivity index is 2.27. The standard InChI is InChI=1S/C23H26P/c1-5-24(21-12-6-18(2)7-13-21,22-14-8-19(3)9-15-22)23-16-10-20(4)11-17-23/h6-17H,5H2,1-4H3/q+1. The van der Waals surface area contributed by atoms with Gasteiger partial charge in [-0.1, -0.05) is 53.1 Å². The van der Waals surface area contributed by atoms with E-state index in [4.69, 9.17) is 0 Å². The van der Waals surface area contributed by atoms with Crippen LogP contribution in [0.15, 0.2) is 72.8 Å². The van der Waals surface area contributed by atoms with E-state index in [1.54, 1.807) is 0 Å². The van der Waals surface area contributed by atoms with Crippen molar-refractivity contribution in [3.63, 3.8) is 0 Å². The summed E-state index contributed by atoms with van der Waals surface area (Å²) in [4.78, 5) is 0.